The Morgan fingerprint density at radius 1 is 0.882 bits per heavy atom. The highest BCUT2D eigenvalue weighted by Crippen LogP contribution is 2.44. The Balaban J connectivity index is 1.58. The van der Waals surface area contributed by atoms with Gasteiger partial charge in [-0.15, -0.1) is 0 Å². The Morgan fingerprint density at radius 3 is 2.14 bits per heavy atom. The maximum Gasteiger partial charge on any atom is 0.408 e. The summed E-state index contributed by atoms with van der Waals surface area (Å²) in [7, 11) is 0. The number of hydrogen-bond acceptors (Lipinski definition) is 7. The van der Waals surface area contributed by atoms with Crippen molar-refractivity contribution in [2.75, 3.05) is 11.5 Å². The molecule has 51 heavy (non-hydrogen) atoms. The molecule has 1 heterocycles. The molecule has 0 fully saturated rings. The van der Waals surface area contributed by atoms with E-state index in [1.165, 1.54) is 0 Å². The summed E-state index contributed by atoms with van der Waals surface area (Å²) in [4.78, 5) is 58.9. The molecular weight excluding hydrogens is 663 g/mol. The average Bonchev–Trinajstić information content (AvgIpc) is 3.19. The van der Waals surface area contributed by atoms with Crippen molar-refractivity contribution in [3.05, 3.63) is 131 Å². The zero-order chi connectivity index (χ0) is 36.5. The van der Waals surface area contributed by atoms with Crippen LogP contribution in [0.5, 0.6) is 0 Å². The number of hydrogen-bond donors (Lipinski definition) is 2. The Kier molecular flexibility index (Phi) is 12.2. The van der Waals surface area contributed by atoms with Gasteiger partial charge in [0.1, 0.15) is 11.6 Å². The first-order valence-electron chi connectivity index (χ1n) is 17.2. The van der Waals surface area contributed by atoms with Gasteiger partial charge in [0.15, 0.2) is 0 Å². The number of anilines is 2. The van der Waals surface area contributed by atoms with E-state index in [2.05, 4.69) is 17.9 Å². The third kappa shape index (κ3) is 9.38. The van der Waals surface area contributed by atoms with E-state index in [9.17, 15) is 9.59 Å². The standard InChI is InChI=1S/C41H45N3O6S/c1-5-49-36(45)27-34(29-17-9-6-10-18-29)44-37(30-19-11-7-12-20-30)39(47)43(31-21-13-8-14-22-31)33-25-24-28(26-32(33)38(44)46)16-15-23-35(51)42-40(48)50-41(2,3)4/h6-14,17-22,24-26,34-35,37,51H,5,15-16,23,27H2,1-4H3,(H,42,48). The molecule has 0 aromatic heterocycles. The fourth-order valence-electron chi connectivity index (χ4n) is 6.27. The highest BCUT2D eigenvalue weighted by Gasteiger charge is 2.45. The minimum atomic E-state index is -1.07. The van der Waals surface area contributed by atoms with Gasteiger partial charge < -0.3 is 19.7 Å². The number of carbonyl (C=O) groups excluding carboxylic acids is 4. The van der Waals surface area contributed by atoms with Crippen LogP contribution in [-0.2, 0) is 25.5 Å². The number of alkyl carbamates (subject to hydrolysis) is 1. The van der Waals surface area contributed by atoms with Crippen molar-refractivity contribution in [1.82, 2.24) is 10.2 Å². The van der Waals surface area contributed by atoms with Gasteiger partial charge >= 0.3 is 12.1 Å². The summed E-state index contributed by atoms with van der Waals surface area (Å²) >= 11 is 4.54. The number of fused-ring (bicyclic) bond motifs is 1. The minimum absolute atomic E-state index is 0.144. The summed E-state index contributed by atoms with van der Waals surface area (Å²) in [6.45, 7) is 7.32. The van der Waals surface area contributed by atoms with Gasteiger partial charge in [-0.1, -0.05) is 84.9 Å². The molecule has 4 aromatic rings. The van der Waals surface area contributed by atoms with E-state index in [0.29, 0.717) is 47.3 Å². The Labute approximate surface area is 305 Å². The first-order chi connectivity index (χ1) is 24.5. The molecule has 3 unspecified atom stereocenters. The van der Waals surface area contributed by atoms with Gasteiger partial charge in [0.05, 0.1) is 35.7 Å². The van der Waals surface area contributed by atoms with Crippen LogP contribution in [0.25, 0.3) is 0 Å². The summed E-state index contributed by atoms with van der Waals surface area (Å²) in [6, 6.07) is 31.4. The number of thiol groups is 1. The lowest BCUT2D eigenvalue weighted by Crippen LogP contribution is -2.43. The van der Waals surface area contributed by atoms with Crippen LogP contribution < -0.4 is 10.2 Å². The number of benzene rings is 4. The fourth-order valence-corrected chi connectivity index (χ4v) is 6.56. The van der Waals surface area contributed by atoms with Crippen LogP contribution in [0, 0.1) is 0 Å². The minimum Gasteiger partial charge on any atom is -0.466 e. The van der Waals surface area contributed by atoms with Gasteiger partial charge in [-0.05, 0) is 87.9 Å². The largest absolute Gasteiger partial charge is 0.466 e. The Morgan fingerprint density at radius 2 is 1.51 bits per heavy atom. The summed E-state index contributed by atoms with van der Waals surface area (Å²) in [5.41, 5.74) is 2.97. The van der Waals surface area contributed by atoms with Crippen LogP contribution in [0.4, 0.5) is 16.2 Å². The monoisotopic (exact) mass is 707 g/mol. The second kappa shape index (κ2) is 16.7. The first-order valence-corrected chi connectivity index (χ1v) is 17.8. The Hall–Kier alpha value is -5.09. The van der Waals surface area contributed by atoms with E-state index in [-0.39, 0.29) is 24.8 Å². The third-order valence-electron chi connectivity index (χ3n) is 8.44. The molecule has 4 aromatic carbocycles. The van der Waals surface area contributed by atoms with Crippen molar-refractivity contribution >= 4 is 47.9 Å². The lowest BCUT2D eigenvalue weighted by molar-refractivity contribution is -0.145. The topological polar surface area (TPSA) is 105 Å². The molecule has 1 aliphatic rings. The van der Waals surface area contributed by atoms with Gasteiger partial charge in [-0.3, -0.25) is 19.3 Å². The molecule has 0 bridgehead atoms. The molecule has 0 spiro atoms. The molecule has 0 saturated heterocycles. The first kappa shape index (κ1) is 37.2. The SMILES string of the molecule is CCOC(=O)CC(c1ccccc1)N1C(=O)c2cc(CCCC(S)NC(=O)OC(C)(C)C)ccc2N(c2ccccc2)C(=O)C1c1ccccc1. The summed E-state index contributed by atoms with van der Waals surface area (Å²) in [5.74, 6) is -1.19. The number of rotatable bonds is 12. The zero-order valence-electron chi connectivity index (χ0n) is 29.5. The van der Waals surface area contributed by atoms with Crippen LogP contribution >= 0.6 is 12.6 Å². The predicted molar refractivity (Wildman–Crippen MR) is 201 cm³/mol. The Bertz CT molecular complexity index is 1810. The van der Waals surface area contributed by atoms with Crippen LogP contribution in [-0.4, -0.2) is 46.4 Å². The highest BCUT2D eigenvalue weighted by molar-refractivity contribution is 7.80. The molecule has 3 amide bonds. The number of nitrogens with zero attached hydrogens (tertiary/aromatic N) is 2. The zero-order valence-corrected chi connectivity index (χ0v) is 30.3. The van der Waals surface area contributed by atoms with Gasteiger partial charge in [0.2, 0.25) is 0 Å². The van der Waals surface area contributed by atoms with Crippen molar-refractivity contribution in [3.63, 3.8) is 0 Å². The van der Waals surface area contributed by atoms with Gasteiger partial charge in [0, 0.05) is 5.69 Å². The maximum absolute atomic E-state index is 15.2. The van der Waals surface area contributed by atoms with E-state index < -0.39 is 35.1 Å². The molecule has 1 aliphatic heterocycles. The van der Waals surface area contributed by atoms with Crippen LogP contribution in [0.15, 0.2) is 109 Å². The summed E-state index contributed by atoms with van der Waals surface area (Å²) < 4.78 is 10.7. The molecule has 5 rings (SSSR count). The van der Waals surface area contributed by atoms with Crippen molar-refractivity contribution in [2.24, 2.45) is 0 Å². The number of esters is 1. The quantitative estimate of drug-likeness (QED) is 0.0872. The molecule has 0 saturated carbocycles. The van der Waals surface area contributed by atoms with Gasteiger partial charge in [-0.25, -0.2) is 4.79 Å². The second-order valence-electron chi connectivity index (χ2n) is 13.4. The molecule has 0 radical (unpaired) electrons. The lowest BCUT2D eigenvalue weighted by Gasteiger charge is -2.37. The van der Waals surface area contributed by atoms with Crippen LogP contribution in [0.2, 0.25) is 0 Å². The van der Waals surface area contributed by atoms with E-state index in [1.807, 2.05) is 109 Å². The van der Waals surface area contributed by atoms with Crippen LogP contribution in [0.3, 0.4) is 0 Å². The summed E-state index contributed by atoms with van der Waals surface area (Å²) in [5, 5.41) is 2.33. The van der Waals surface area contributed by atoms with E-state index in [1.54, 1.807) is 37.5 Å². The predicted octanol–water partition coefficient (Wildman–Crippen LogP) is 8.35. The van der Waals surface area contributed by atoms with Crippen LogP contribution in [0.1, 0.15) is 86.1 Å². The van der Waals surface area contributed by atoms with Gasteiger partial charge in [-0.2, -0.15) is 12.6 Å². The molecule has 1 N–H and O–H groups in total. The molecular formula is C41H45N3O6S. The van der Waals surface area contributed by atoms with E-state index in [4.69, 9.17) is 9.47 Å². The maximum atomic E-state index is 15.2. The van der Waals surface area contributed by atoms with Crippen molar-refractivity contribution in [3.8, 4) is 0 Å². The van der Waals surface area contributed by atoms with Crippen molar-refractivity contribution in [2.45, 2.75) is 76.4 Å². The van der Waals surface area contributed by atoms with E-state index >= 15 is 9.59 Å². The normalized spacial score (nSPS) is 15.7. The average molecular weight is 708 g/mol. The molecule has 10 heteroatoms. The molecule has 9 nitrogen and oxygen atoms in total. The molecule has 266 valence electrons. The number of para-hydroxylation sites is 1. The number of ether oxygens (including phenoxy) is 2. The summed E-state index contributed by atoms with van der Waals surface area (Å²) in [6.07, 6.45) is 1.12. The highest BCUT2D eigenvalue weighted by atomic mass is 32.1. The smallest absolute Gasteiger partial charge is 0.408 e. The number of amides is 3. The van der Waals surface area contributed by atoms with Crippen molar-refractivity contribution in [1.29, 1.82) is 0 Å². The molecule has 3 atom stereocenters. The molecule has 0 aliphatic carbocycles. The van der Waals surface area contributed by atoms with E-state index in [0.717, 1.165) is 5.56 Å². The number of aryl methyl sites for hydroxylation is 1. The van der Waals surface area contributed by atoms with Crippen molar-refractivity contribution < 1.29 is 28.7 Å². The fraction of sp³-hybridized carbons (Fsp3) is 0.317. The third-order valence-corrected chi connectivity index (χ3v) is 8.83. The lowest BCUT2D eigenvalue weighted by atomic mass is 9.95. The van der Waals surface area contributed by atoms with Gasteiger partial charge in [0.25, 0.3) is 11.8 Å². The second-order valence-corrected chi connectivity index (χ2v) is 14.0. The number of carbonyl (C=O) groups is 4. The number of nitrogens with one attached hydrogen (secondary N) is 1.